The lowest BCUT2D eigenvalue weighted by Crippen LogP contribution is -2.30. The standard InChI is InChI=1S/C34H30N4O6S2/c1-42-27-19-29(44-3)28(43-2)17-22(27)16-26(36-32(40)21-10-5-4-6-11-21)33(41)35-23-12-9-13-24(18-23)45-20-31(39)38-34-37-25-14-7-8-15-30(25)46-34/h4-19H,20H2,1-3H3,(H,35,41)(H,36,40)(H,37,38,39)/b26-16+. The van der Waals surface area contributed by atoms with Crippen LogP contribution in [0.3, 0.4) is 0 Å². The Hall–Kier alpha value is -5.33. The number of aromatic nitrogens is 1. The summed E-state index contributed by atoms with van der Waals surface area (Å²) >= 11 is 2.73. The summed E-state index contributed by atoms with van der Waals surface area (Å²) in [6.45, 7) is 0. The number of nitrogens with zero attached hydrogens (tertiary/aromatic N) is 1. The molecule has 0 bridgehead atoms. The Bertz CT molecular complexity index is 1880. The van der Waals surface area contributed by atoms with Crippen LogP contribution in [0.5, 0.6) is 17.2 Å². The predicted molar refractivity (Wildman–Crippen MR) is 182 cm³/mol. The Labute approximate surface area is 273 Å². The molecular formula is C34H30N4O6S2. The number of thiazole rings is 1. The van der Waals surface area contributed by atoms with E-state index in [4.69, 9.17) is 14.2 Å². The number of carbonyl (C=O) groups is 3. The largest absolute Gasteiger partial charge is 0.496 e. The van der Waals surface area contributed by atoms with Crippen molar-refractivity contribution in [2.24, 2.45) is 0 Å². The van der Waals surface area contributed by atoms with Crippen LogP contribution < -0.4 is 30.2 Å². The average Bonchev–Trinajstić information content (AvgIpc) is 3.49. The maximum Gasteiger partial charge on any atom is 0.272 e. The maximum absolute atomic E-state index is 13.6. The van der Waals surface area contributed by atoms with E-state index in [1.807, 2.05) is 30.3 Å². The minimum atomic E-state index is -0.572. The molecule has 1 aromatic heterocycles. The number of nitrogens with one attached hydrogen (secondary N) is 3. The molecule has 234 valence electrons. The number of hydrogen-bond acceptors (Lipinski definition) is 9. The van der Waals surface area contributed by atoms with Crippen LogP contribution in [0.15, 0.2) is 102 Å². The molecule has 5 rings (SSSR count). The fraction of sp³-hybridized carbons (Fsp3) is 0.118. The van der Waals surface area contributed by atoms with E-state index in [0.717, 1.165) is 15.1 Å². The summed E-state index contributed by atoms with van der Waals surface area (Å²) in [5.74, 6) is 0.168. The van der Waals surface area contributed by atoms with Crippen LogP contribution in [0, 0.1) is 0 Å². The topological polar surface area (TPSA) is 128 Å². The molecule has 3 N–H and O–H groups in total. The van der Waals surface area contributed by atoms with E-state index in [-0.39, 0.29) is 17.4 Å². The summed E-state index contributed by atoms with van der Waals surface area (Å²) in [6.07, 6.45) is 1.50. The number of benzene rings is 4. The highest BCUT2D eigenvalue weighted by atomic mass is 32.2. The first-order valence-electron chi connectivity index (χ1n) is 13.9. The third-order valence-electron chi connectivity index (χ3n) is 6.57. The zero-order valence-electron chi connectivity index (χ0n) is 25.2. The summed E-state index contributed by atoms with van der Waals surface area (Å²) in [5.41, 5.74) is 2.12. The lowest BCUT2D eigenvalue weighted by molar-refractivity contribution is -0.114. The Morgan fingerprint density at radius 2 is 1.52 bits per heavy atom. The molecule has 0 aliphatic rings. The number of rotatable bonds is 12. The monoisotopic (exact) mass is 654 g/mol. The third-order valence-corrected chi connectivity index (χ3v) is 8.51. The van der Waals surface area contributed by atoms with Crippen molar-refractivity contribution in [3.63, 3.8) is 0 Å². The first kappa shape index (κ1) is 32.1. The third kappa shape index (κ3) is 8.03. The fourth-order valence-electron chi connectivity index (χ4n) is 4.36. The molecule has 46 heavy (non-hydrogen) atoms. The second-order valence-electron chi connectivity index (χ2n) is 9.63. The summed E-state index contributed by atoms with van der Waals surface area (Å²) in [7, 11) is 4.49. The van der Waals surface area contributed by atoms with Gasteiger partial charge < -0.3 is 30.2 Å². The number of ether oxygens (including phenoxy) is 3. The predicted octanol–water partition coefficient (Wildman–Crippen LogP) is 6.46. The molecule has 0 unspecified atom stereocenters. The van der Waals surface area contributed by atoms with Gasteiger partial charge in [0.15, 0.2) is 16.6 Å². The first-order chi connectivity index (χ1) is 22.4. The molecule has 0 aliphatic carbocycles. The summed E-state index contributed by atoms with van der Waals surface area (Å²) in [6, 6.07) is 26.6. The number of methoxy groups -OCH3 is 3. The summed E-state index contributed by atoms with van der Waals surface area (Å²) in [4.78, 5) is 44.6. The highest BCUT2D eigenvalue weighted by molar-refractivity contribution is 8.00. The smallest absolute Gasteiger partial charge is 0.272 e. The van der Waals surface area contributed by atoms with Gasteiger partial charge in [0.2, 0.25) is 5.91 Å². The van der Waals surface area contributed by atoms with Crippen LogP contribution in [-0.2, 0) is 9.59 Å². The van der Waals surface area contributed by atoms with Crippen molar-refractivity contribution in [3.8, 4) is 17.2 Å². The van der Waals surface area contributed by atoms with Crippen LogP contribution in [0.25, 0.3) is 16.3 Å². The van der Waals surface area contributed by atoms with Crippen molar-refractivity contribution >= 4 is 67.9 Å². The van der Waals surface area contributed by atoms with Gasteiger partial charge >= 0.3 is 0 Å². The van der Waals surface area contributed by atoms with Crippen LogP contribution in [0.4, 0.5) is 10.8 Å². The highest BCUT2D eigenvalue weighted by Gasteiger charge is 2.18. The molecule has 0 saturated carbocycles. The average molecular weight is 655 g/mol. The Morgan fingerprint density at radius 1 is 0.804 bits per heavy atom. The van der Waals surface area contributed by atoms with Crippen LogP contribution in [-0.4, -0.2) is 49.8 Å². The zero-order chi connectivity index (χ0) is 32.5. The van der Waals surface area contributed by atoms with Gasteiger partial charge in [0, 0.05) is 27.8 Å². The van der Waals surface area contributed by atoms with Crippen LogP contribution in [0.2, 0.25) is 0 Å². The van der Waals surface area contributed by atoms with Crippen molar-refractivity contribution in [2.45, 2.75) is 4.90 Å². The molecule has 4 aromatic carbocycles. The van der Waals surface area contributed by atoms with E-state index in [2.05, 4.69) is 20.9 Å². The quantitative estimate of drug-likeness (QED) is 0.103. The van der Waals surface area contributed by atoms with Crippen molar-refractivity contribution in [1.82, 2.24) is 10.3 Å². The number of hydrogen-bond donors (Lipinski definition) is 3. The zero-order valence-corrected chi connectivity index (χ0v) is 26.8. The second-order valence-corrected chi connectivity index (χ2v) is 11.7. The van der Waals surface area contributed by atoms with Crippen LogP contribution in [0.1, 0.15) is 15.9 Å². The van der Waals surface area contributed by atoms with Gasteiger partial charge in [-0.25, -0.2) is 4.98 Å². The van der Waals surface area contributed by atoms with Crippen molar-refractivity contribution in [2.75, 3.05) is 37.7 Å². The van der Waals surface area contributed by atoms with Gasteiger partial charge in [0.1, 0.15) is 11.4 Å². The molecular weight excluding hydrogens is 625 g/mol. The van der Waals surface area contributed by atoms with Crippen molar-refractivity contribution in [1.29, 1.82) is 0 Å². The van der Waals surface area contributed by atoms with E-state index >= 15 is 0 Å². The minimum Gasteiger partial charge on any atom is -0.496 e. The molecule has 5 aromatic rings. The molecule has 12 heteroatoms. The number of thioether (sulfide) groups is 1. The molecule has 0 fully saturated rings. The van der Waals surface area contributed by atoms with Crippen molar-refractivity contribution < 1.29 is 28.6 Å². The number of para-hydroxylation sites is 1. The lowest BCUT2D eigenvalue weighted by atomic mass is 10.1. The van der Waals surface area contributed by atoms with E-state index in [1.54, 1.807) is 60.7 Å². The SMILES string of the molecule is COc1cc(OC)c(OC)cc1/C=C(/NC(=O)c1ccccc1)C(=O)Nc1cccc(SCC(=O)Nc2nc3ccccc3s2)c1. The molecule has 0 spiro atoms. The van der Waals surface area contributed by atoms with Gasteiger partial charge in [-0.3, -0.25) is 14.4 Å². The number of carbonyl (C=O) groups excluding carboxylic acids is 3. The lowest BCUT2D eigenvalue weighted by Gasteiger charge is -2.15. The van der Waals surface area contributed by atoms with E-state index in [0.29, 0.717) is 39.2 Å². The maximum atomic E-state index is 13.6. The second kappa shape index (κ2) is 15.1. The molecule has 0 aliphatic heterocycles. The Morgan fingerprint density at radius 3 is 2.26 bits per heavy atom. The van der Waals surface area contributed by atoms with Gasteiger partial charge in [0.25, 0.3) is 11.8 Å². The highest BCUT2D eigenvalue weighted by Crippen LogP contribution is 2.36. The van der Waals surface area contributed by atoms with Gasteiger partial charge in [-0.15, -0.1) is 11.8 Å². The van der Waals surface area contributed by atoms with E-state index < -0.39 is 11.8 Å². The minimum absolute atomic E-state index is 0.0346. The molecule has 0 atom stereocenters. The fourth-order valence-corrected chi connectivity index (χ4v) is 5.99. The molecule has 3 amide bonds. The molecule has 0 radical (unpaired) electrons. The van der Waals surface area contributed by atoms with Gasteiger partial charge in [-0.1, -0.05) is 47.7 Å². The van der Waals surface area contributed by atoms with E-state index in [9.17, 15) is 14.4 Å². The van der Waals surface area contributed by atoms with E-state index in [1.165, 1.54) is 50.5 Å². The molecule has 1 heterocycles. The van der Waals surface area contributed by atoms with Gasteiger partial charge in [0.05, 0.1) is 37.3 Å². The van der Waals surface area contributed by atoms with Gasteiger partial charge in [-0.05, 0) is 54.6 Å². The number of amides is 3. The normalized spacial score (nSPS) is 11.1. The van der Waals surface area contributed by atoms with Crippen LogP contribution >= 0.6 is 23.1 Å². The van der Waals surface area contributed by atoms with Gasteiger partial charge in [-0.2, -0.15) is 0 Å². The number of fused-ring (bicyclic) bond motifs is 1. The molecule has 0 saturated heterocycles. The Kier molecular flexibility index (Phi) is 10.5. The number of anilines is 2. The van der Waals surface area contributed by atoms with Crippen molar-refractivity contribution in [3.05, 3.63) is 108 Å². The Balaban J connectivity index is 1.33. The molecule has 10 nitrogen and oxygen atoms in total. The first-order valence-corrected chi connectivity index (χ1v) is 15.7. The summed E-state index contributed by atoms with van der Waals surface area (Å²) in [5, 5.41) is 8.96. The summed E-state index contributed by atoms with van der Waals surface area (Å²) < 4.78 is 17.3.